The number of carbonyl (C=O) groups is 2. The molecular weight excluding hydrogens is 372 g/mol. The molecule has 1 heterocycles. The molecule has 0 aliphatic carbocycles. The van der Waals surface area contributed by atoms with Crippen LogP contribution in [0.2, 0.25) is 0 Å². The van der Waals surface area contributed by atoms with Crippen LogP contribution in [0.3, 0.4) is 0 Å². The molecule has 0 radical (unpaired) electrons. The van der Waals surface area contributed by atoms with Crippen molar-refractivity contribution in [2.75, 3.05) is 20.1 Å². The molecule has 0 saturated carbocycles. The first-order chi connectivity index (χ1) is 11.9. The van der Waals surface area contributed by atoms with Crippen LogP contribution in [0.5, 0.6) is 5.75 Å². The molecule has 0 spiro atoms. The van der Waals surface area contributed by atoms with Crippen LogP contribution in [-0.2, 0) is 4.79 Å². The third-order valence-electron chi connectivity index (χ3n) is 3.12. The molecular formula is C15H15F2N3O3S2. The Morgan fingerprint density at radius 1 is 1.36 bits per heavy atom. The van der Waals surface area contributed by atoms with Gasteiger partial charge in [0.2, 0.25) is 0 Å². The number of benzene rings is 1. The number of thioether (sulfide) groups is 1. The van der Waals surface area contributed by atoms with E-state index in [4.69, 9.17) is 12.2 Å². The van der Waals surface area contributed by atoms with Crippen LogP contribution in [0.4, 0.5) is 13.6 Å². The summed E-state index contributed by atoms with van der Waals surface area (Å²) in [6, 6.07) is 5.78. The van der Waals surface area contributed by atoms with Crippen LogP contribution in [0, 0.1) is 0 Å². The number of nitrogens with one attached hydrogen (secondary N) is 2. The van der Waals surface area contributed by atoms with Crippen LogP contribution < -0.4 is 15.4 Å². The number of imide groups is 1. The number of thiocarbonyl (C=S) groups is 1. The van der Waals surface area contributed by atoms with Gasteiger partial charge in [0.15, 0.2) is 5.11 Å². The van der Waals surface area contributed by atoms with Gasteiger partial charge in [-0.1, -0.05) is 12.1 Å². The number of nitrogens with zero attached hydrogens (tertiary/aromatic N) is 1. The molecule has 6 nitrogen and oxygen atoms in total. The Morgan fingerprint density at radius 2 is 2.04 bits per heavy atom. The molecule has 1 aromatic rings. The van der Waals surface area contributed by atoms with Gasteiger partial charge in [-0.25, -0.2) is 0 Å². The maximum absolute atomic E-state index is 12.3. The number of carbonyl (C=O) groups excluding carboxylic acids is 2. The fraction of sp³-hybridized carbons (Fsp3) is 0.267. The minimum absolute atomic E-state index is 0.0202. The molecule has 1 fully saturated rings. The summed E-state index contributed by atoms with van der Waals surface area (Å²) in [5, 5.41) is 5.64. The largest absolute Gasteiger partial charge is 0.435 e. The average Bonchev–Trinajstić information content (AvgIpc) is 2.83. The summed E-state index contributed by atoms with van der Waals surface area (Å²) in [5.74, 6) is -0.382. The van der Waals surface area contributed by atoms with Crippen molar-refractivity contribution in [3.05, 3.63) is 34.7 Å². The highest BCUT2D eigenvalue weighted by Gasteiger charge is 2.34. The quantitative estimate of drug-likeness (QED) is 0.574. The lowest BCUT2D eigenvalue weighted by atomic mass is 10.2. The van der Waals surface area contributed by atoms with E-state index in [1.54, 1.807) is 7.05 Å². The molecule has 25 heavy (non-hydrogen) atoms. The fourth-order valence-corrected chi connectivity index (χ4v) is 2.93. The molecule has 134 valence electrons. The average molecular weight is 387 g/mol. The molecule has 0 bridgehead atoms. The summed E-state index contributed by atoms with van der Waals surface area (Å²) >= 11 is 5.74. The summed E-state index contributed by atoms with van der Waals surface area (Å²) < 4.78 is 28.5. The van der Waals surface area contributed by atoms with E-state index >= 15 is 0 Å². The predicted molar refractivity (Wildman–Crippen MR) is 95.4 cm³/mol. The summed E-state index contributed by atoms with van der Waals surface area (Å²) in [7, 11) is 1.66. The molecule has 0 atom stereocenters. The van der Waals surface area contributed by atoms with Crippen molar-refractivity contribution in [2.24, 2.45) is 0 Å². The molecule has 2 rings (SSSR count). The lowest BCUT2D eigenvalue weighted by Crippen LogP contribution is -2.40. The van der Waals surface area contributed by atoms with E-state index in [-0.39, 0.29) is 22.4 Å². The number of amides is 2. The van der Waals surface area contributed by atoms with Gasteiger partial charge in [-0.05, 0) is 47.8 Å². The van der Waals surface area contributed by atoms with Crippen molar-refractivity contribution < 1.29 is 23.1 Å². The first kappa shape index (κ1) is 19.1. The van der Waals surface area contributed by atoms with E-state index in [1.165, 1.54) is 30.3 Å². The van der Waals surface area contributed by atoms with Gasteiger partial charge in [0, 0.05) is 20.1 Å². The Bertz CT molecular complexity index is 696. The SMILES string of the molecule is CNC(=S)NCCN1C(=O)S/C(=C\c2ccc(OC(F)F)cc2)C1=O. The van der Waals surface area contributed by atoms with Crippen LogP contribution in [0.15, 0.2) is 29.2 Å². The normalized spacial score (nSPS) is 15.8. The highest BCUT2D eigenvalue weighted by molar-refractivity contribution is 8.18. The van der Waals surface area contributed by atoms with E-state index in [2.05, 4.69) is 15.4 Å². The number of hydrogen-bond donors (Lipinski definition) is 2. The molecule has 1 aliphatic heterocycles. The molecule has 10 heteroatoms. The van der Waals surface area contributed by atoms with Crippen LogP contribution in [0.1, 0.15) is 5.56 Å². The third kappa shape index (κ3) is 5.40. The molecule has 1 aliphatic rings. The maximum atomic E-state index is 12.3. The van der Waals surface area contributed by atoms with Gasteiger partial charge < -0.3 is 15.4 Å². The van der Waals surface area contributed by atoms with E-state index in [9.17, 15) is 18.4 Å². The second-order valence-electron chi connectivity index (χ2n) is 4.79. The summed E-state index contributed by atoms with van der Waals surface area (Å²) in [6.45, 7) is -2.37. The van der Waals surface area contributed by atoms with Crippen molar-refractivity contribution in [3.8, 4) is 5.75 Å². The third-order valence-corrected chi connectivity index (χ3v) is 4.38. The summed E-state index contributed by atoms with van der Waals surface area (Å²) in [5.41, 5.74) is 0.599. The highest BCUT2D eigenvalue weighted by atomic mass is 32.2. The first-order valence-corrected chi connectivity index (χ1v) is 8.39. The predicted octanol–water partition coefficient (Wildman–Crippen LogP) is 2.42. The first-order valence-electron chi connectivity index (χ1n) is 7.16. The van der Waals surface area contributed by atoms with Crippen LogP contribution in [-0.4, -0.2) is 47.9 Å². The van der Waals surface area contributed by atoms with E-state index < -0.39 is 12.5 Å². The molecule has 0 aromatic heterocycles. The second kappa shape index (κ2) is 8.77. The number of alkyl halides is 2. The van der Waals surface area contributed by atoms with Crippen molar-refractivity contribution in [3.63, 3.8) is 0 Å². The minimum Gasteiger partial charge on any atom is -0.435 e. The zero-order valence-electron chi connectivity index (χ0n) is 13.1. The monoisotopic (exact) mass is 387 g/mol. The van der Waals surface area contributed by atoms with Crippen molar-refractivity contribution in [2.45, 2.75) is 6.61 Å². The second-order valence-corrected chi connectivity index (χ2v) is 6.19. The van der Waals surface area contributed by atoms with E-state index in [0.717, 1.165) is 16.7 Å². The lowest BCUT2D eigenvalue weighted by Gasteiger charge is -2.13. The smallest absolute Gasteiger partial charge is 0.387 e. The molecule has 2 N–H and O–H groups in total. The zero-order valence-corrected chi connectivity index (χ0v) is 14.8. The topological polar surface area (TPSA) is 70.7 Å². The van der Waals surface area contributed by atoms with E-state index in [0.29, 0.717) is 17.2 Å². The molecule has 2 amide bonds. The Labute approximate surface area is 152 Å². The van der Waals surface area contributed by atoms with Crippen molar-refractivity contribution >= 4 is 46.3 Å². The summed E-state index contributed by atoms with van der Waals surface area (Å²) in [4.78, 5) is 25.6. The number of hydrogen-bond acceptors (Lipinski definition) is 5. The van der Waals surface area contributed by atoms with Gasteiger partial charge in [-0.15, -0.1) is 0 Å². The molecule has 0 unspecified atom stereocenters. The van der Waals surface area contributed by atoms with Gasteiger partial charge in [0.05, 0.1) is 4.91 Å². The summed E-state index contributed by atoms with van der Waals surface area (Å²) in [6.07, 6.45) is 1.53. The Hall–Kier alpha value is -2.20. The van der Waals surface area contributed by atoms with E-state index in [1.807, 2.05) is 0 Å². The van der Waals surface area contributed by atoms with Crippen molar-refractivity contribution in [1.82, 2.24) is 15.5 Å². The fourth-order valence-electron chi connectivity index (χ4n) is 1.96. The zero-order chi connectivity index (χ0) is 18.4. The van der Waals surface area contributed by atoms with Crippen LogP contribution >= 0.6 is 24.0 Å². The van der Waals surface area contributed by atoms with Gasteiger partial charge >= 0.3 is 6.61 Å². The standard InChI is InChI=1S/C15H15F2N3O3S2/c1-18-14(24)19-6-7-20-12(21)11(25-15(20)22)8-9-2-4-10(5-3-9)23-13(16)17/h2-5,8,13H,6-7H2,1H3,(H2,18,19,24)/b11-8-. The van der Waals surface area contributed by atoms with Gasteiger partial charge in [0.1, 0.15) is 5.75 Å². The number of ether oxygens (including phenoxy) is 1. The van der Waals surface area contributed by atoms with Gasteiger partial charge in [0.25, 0.3) is 11.1 Å². The maximum Gasteiger partial charge on any atom is 0.387 e. The number of rotatable bonds is 6. The van der Waals surface area contributed by atoms with Crippen molar-refractivity contribution in [1.29, 1.82) is 0 Å². The Balaban J connectivity index is 2.00. The molecule has 1 aromatic carbocycles. The molecule has 1 saturated heterocycles. The highest BCUT2D eigenvalue weighted by Crippen LogP contribution is 2.32. The number of halogens is 2. The Morgan fingerprint density at radius 3 is 2.64 bits per heavy atom. The van der Waals surface area contributed by atoms with Crippen LogP contribution in [0.25, 0.3) is 6.08 Å². The van der Waals surface area contributed by atoms with Gasteiger partial charge in [-0.2, -0.15) is 8.78 Å². The minimum atomic E-state index is -2.90. The van der Waals surface area contributed by atoms with Gasteiger partial charge in [-0.3, -0.25) is 14.5 Å². The Kier molecular flexibility index (Phi) is 6.71. The lowest BCUT2D eigenvalue weighted by molar-refractivity contribution is -0.122.